The Morgan fingerprint density at radius 3 is 2.48 bits per heavy atom. The van der Waals surface area contributed by atoms with Crippen molar-refractivity contribution in [2.45, 2.75) is 11.8 Å². The number of benzene rings is 2. The molecule has 3 rings (SSSR count). The Labute approximate surface area is 190 Å². The number of carbonyl (C=O) groups excluding carboxylic acids is 1. The molecule has 172 valence electrons. The van der Waals surface area contributed by atoms with Gasteiger partial charge >= 0.3 is 16.1 Å². The summed E-state index contributed by atoms with van der Waals surface area (Å²) in [5.41, 5.74) is -2.13. The normalized spacial score (nSPS) is 11.1. The van der Waals surface area contributed by atoms with Crippen LogP contribution in [-0.4, -0.2) is 35.7 Å². The van der Waals surface area contributed by atoms with Crippen molar-refractivity contribution in [3.8, 4) is 11.4 Å². The van der Waals surface area contributed by atoms with E-state index in [2.05, 4.69) is 5.10 Å². The number of non-ortho nitro benzene ring substituents is 1. The van der Waals surface area contributed by atoms with Crippen LogP contribution in [0.4, 0.5) is 10.1 Å². The quantitative estimate of drug-likeness (QED) is 0.208. The predicted molar refractivity (Wildman–Crippen MR) is 112 cm³/mol. The van der Waals surface area contributed by atoms with Crippen LogP contribution in [0.5, 0.6) is 5.75 Å². The highest BCUT2D eigenvalue weighted by molar-refractivity contribution is 7.87. The molecule has 2 aromatic carbocycles. The third kappa shape index (κ3) is 5.15. The lowest BCUT2D eigenvalue weighted by atomic mass is 10.3. The minimum absolute atomic E-state index is 0.0723. The number of hydrogen-bond donors (Lipinski definition) is 0. The largest absolute Gasteiger partial charge is 0.461 e. The Morgan fingerprint density at radius 2 is 1.88 bits per heavy atom. The number of halogens is 2. The summed E-state index contributed by atoms with van der Waals surface area (Å²) in [5, 5.41) is 14.4. The molecule has 33 heavy (non-hydrogen) atoms. The van der Waals surface area contributed by atoms with Crippen LogP contribution in [0.25, 0.3) is 5.69 Å². The van der Waals surface area contributed by atoms with Crippen molar-refractivity contribution in [3.63, 3.8) is 0 Å². The Bertz CT molecular complexity index is 1410. The molecule has 0 aliphatic rings. The molecule has 0 aliphatic carbocycles. The van der Waals surface area contributed by atoms with Crippen molar-refractivity contribution in [1.29, 1.82) is 0 Å². The van der Waals surface area contributed by atoms with Gasteiger partial charge in [0, 0.05) is 12.1 Å². The third-order valence-electron chi connectivity index (χ3n) is 4.03. The average Bonchev–Trinajstić information content (AvgIpc) is 2.74. The zero-order valence-electron chi connectivity index (χ0n) is 16.6. The SMILES string of the molecule is CCOC(=O)c1nn(-c2ccc(F)cc2)c(=O)cc1OS(=O)(=O)c1cc([N+](=O)[O-])ccc1Cl. The summed E-state index contributed by atoms with van der Waals surface area (Å²) in [4.78, 5) is 34.3. The molecule has 0 saturated carbocycles. The minimum Gasteiger partial charge on any atom is -0.461 e. The monoisotopic (exact) mass is 497 g/mol. The Hall–Kier alpha value is -3.84. The van der Waals surface area contributed by atoms with Crippen LogP contribution in [0.2, 0.25) is 5.02 Å². The molecule has 14 heteroatoms. The Morgan fingerprint density at radius 1 is 1.21 bits per heavy atom. The summed E-state index contributed by atoms with van der Waals surface area (Å²) in [6, 6.07) is 7.79. The van der Waals surface area contributed by atoms with E-state index in [1.165, 1.54) is 19.1 Å². The molecule has 0 N–H and O–H groups in total. The number of aromatic nitrogens is 2. The molecule has 0 fully saturated rings. The van der Waals surface area contributed by atoms with Crippen molar-refractivity contribution in [3.05, 3.63) is 85.5 Å². The predicted octanol–water partition coefficient (Wildman–Crippen LogP) is 2.88. The van der Waals surface area contributed by atoms with Gasteiger partial charge in [0.1, 0.15) is 10.7 Å². The zero-order valence-corrected chi connectivity index (χ0v) is 18.2. The fraction of sp³-hybridized carbons (Fsp3) is 0.105. The summed E-state index contributed by atoms with van der Waals surface area (Å²) in [6.07, 6.45) is 0. The van der Waals surface area contributed by atoms with Gasteiger partial charge in [0.25, 0.3) is 11.2 Å². The molecule has 0 atom stereocenters. The number of esters is 1. The molecule has 3 aromatic rings. The van der Waals surface area contributed by atoms with Crippen LogP contribution < -0.4 is 9.74 Å². The zero-order chi connectivity index (χ0) is 24.3. The summed E-state index contributed by atoms with van der Waals surface area (Å²) < 4.78 is 49.2. The topological polar surface area (TPSA) is 148 Å². The van der Waals surface area contributed by atoms with Gasteiger partial charge < -0.3 is 8.92 Å². The van der Waals surface area contributed by atoms with Crippen LogP contribution in [-0.2, 0) is 14.9 Å². The van der Waals surface area contributed by atoms with Crippen molar-refractivity contribution >= 4 is 33.4 Å². The van der Waals surface area contributed by atoms with E-state index in [0.29, 0.717) is 16.8 Å². The maximum absolute atomic E-state index is 13.2. The summed E-state index contributed by atoms with van der Waals surface area (Å²) in [6.45, 7) is 1.37. The van der Waals surface area contributed by atoms with Gasteiger partial charge in [-0.3, -0.25) is 14.9 Å². The van der Waals surface area contributed by atoms with Gasteiger partial charge in [-0.15, -0.1) is 0 Å². The third-order valence-corrected chi connectivity index (χ3v) is 5.75. The molecular formula is C19H13ClFN3O8S. The van der Waals surface area contributed by atoms with Gasteiger partial charge in [0.05, 0.1) is 28.3 Å². The molecule has 11 nitrogen and oxygen atoms in total. The van der Waals surface area contributed by atoms with Crippen molar-refractivity contribution in [2.24, 2.45) is 0 Å². The number of rotatable bonds is 7. The second-order valence-electron chi connectivity index (χ2n) is 6.21. The molecule has 0 unspecified atom stereocenters. The lowest BCUT2D eigenvalue weighted by Gasteiger charge is -2.13. The molecule has 0 aliphatic heterocycles. The maximum atomic E-state index is 13.2. The van der Waals surface area contributed by atoms with E-state index < -0.39 is 59.4 Å². The summed E-state index contributed by atoms with van der Waals surface area (Å²) >= 11 is 5.87. The lowest BCUT2D eigenvalue weighted by molar-refractivity contribution is -0.385. The number of nitrogens with zero attached hydrogens (tertiary/aromatic N) is 3. The Balaban J connectivity index is 2.14. The van der Waals surface area contributed by atoms with Gasteiger partial charge in [-0.2, -0.15) is 18.2 Å². The van der Waals surface area contributed by atoms with Crippen LogP contribution >= 0.6 is 11.6 Å². The smallest absolute Gasteiger partial charge is 0.362 e. The van der Waals surface area contributed by atoms with Gasteiger partial charge in [-0.25, -0.2) is 9.18 Å². The highest BCUT2D eigenvalue weighted by Gasteiger charge is 2.28. The lowest BCUT2D eigenvalue weighted by Crippen LogP contribution is -2.26. The first-order valence-corrected chi connectivity index (χ1v) is 10.8. The number of hydrogen-bond acceptors (Lipinski definition) is 9. The molecule has 0 amide bonds. The standard InChI is InChI=1S/C19H13ClFN3O8S/c1-2-31-19(26)18-15(10-17(25)23(22-18)12-5-3-11(21)4-6-12)32-33(29,30)16-9-13(24(27)28)7-8-14(16)20/h3-10H,2H2,1H3. The van der Waals surface area contributed by atoms with Gasteiger partial charge in [-0.05, 0) is 37.3 Å². The van der Waals surface area contributed by atoms with Crippen molar-refractivity contribution in [2.75, 3.05) is 6.61 Å². The Kier molecular flexibility index (Phi) is 6.74. The van der Waals surface area contributed by atoms with E-state index in [1.807, 2.05) is 0 Å². The number of nitro groups is 1. The van der Waals surface area contributed by atoms with Crippen LogP contribution in [0.3, 0.4) is 0 Å². The minimum atomic E-state index is -4.85. The number of ether oxygens (including phenoxy) is 1. The summed E-state index contributed by atoms with van der Waals surface area (Å²) in [7, 11) is -4.85. The van der Waals surface area contributed by atoms with Crippen LogP contribution in [0.15, 0.2) is 58.2 Å². The molecule has 0 radical (unpaired) electrons. The average molecular weight is 498 g/mol. The van der Waals surface area contributed by atoms with Crippen LogP contribution in [0.1, 0.15) is 17.4 Å². The first-order valence-electron chi connectivity index (χ1n) is 8.99. The molecule has 0 spiro atoms. The van der Waals surface area contributed by atoms with Crippen molar-refractivity contribution in [1.82, 2.24) is 9.78 Å². The second-order valence-corrected chi connectivity index (χ2v) is 8.14. The van der Waals surface area contributed by atoms with E-state index in [1.54, 1.807) is 0 Å². The summed E-state index contributed by atoms with van der Waals surface area (Å²) in [5.74, 6) is -2.50. The highest BCUT2D eigenvalue weighted by Crippen LogP contribution is 2.29. The molecular weight excluding hydrogens is 485 g/mol. The van der Waals surface area contributed by atoms with Crippen LogP contribution in [0, 0.1) is 15.9 Å². The first kappa shape index (κ1) is 23.8. The van der Waals surface area contributed by atoms with Crippen molar-refractivity contribution < 1.29 is 31.4 Å². The molecule has 1 aromatic heterocycles. The van der Waals surface area contributed by atoms with E-state index >= 15 is 0 Å². The molecule has 0 bridgehead atoms. The maximum Gasteiger partial charge on any atom is 0.362 e. The van der Waals surface area contributed by atoms with E-state index in [9.17, 15) is 32.5 Å². The number of nitro benzene ring substituents is 1. The van der Waals surface area contributed by atoms with Gasteiger partial charge in [0.2, 0.25) is 5.69 Å². The van der Waals surface area contributed by atoms with E-state index in [-0.39, 0.29) is 12.3 Å². The molecule has 0 saturated heterocycles. The van der Waals surface area contributed by atoms with Gasteiger partial charge in [0.15, 0.2) is 5.75 Å². The fourth-order valence-corrected chi connectivity index (χ4v) is 4.00. The van der Waals surface area contributed by atoms with E-state index in [4.69, 9.17) is 20.5 Å². The number of carbonyl (C=O) groups is 1. The molecule has 1 heterocycles. The second kappa shape index (κ2) is 9.34. The fourth-order valence-electron chi connectivity index (χ4n) is 2.57. The van der Waals surface area contributed by atoms with Gasteiger partial charge in [-0.1, -0.05) is 11.6 Å². The highest BCUT2D eigenvalue weighted by atomic mass is 35.5. The first-order chi connectivity index (χ1) is 15.5. The van der Waals surface area contributed by atoms with E-state index in [0.717, 1.165) is 24.3 Å².